The zero-order valence-corrected chi connectivity index (χ0v) is 26.3. The van der Waals surface area contributed by atoms with Crippen LogP contribution in [0, 0.1) is 10.7 Å². The van der Waals surface area contributed by atoms with Crippen LogP contribution in [-0.2, 0) is 16.6 Å². The van der Waals surface area contributed by atoms with Gasteiger partial charge in [-0.15, -0.1) is 0 Å². The molecule has 0 aromatic heterocycles. The van der Waals surface area contributed by atoms with Crippen LogP contribution in [-0.4, -0.2) is 13.9 Å². The van der Waals surface area contributed by atoms with Crippen LogP contribution < -0.4 is 9.62 Å². The van der Waals surface area contributed by atoms with Crippen molar-refractivity contribution in [2.75, 3.05) is 4.90 Å². The van der Waals surface area contributed by atoms with Gasteiger partial charge in [-0.05, 0) is 122 Å². The minimum absolute atomic E-state index is 0.382. The van der Waals surface area contributed by atoms with E-state index in [0.29, 0.717) is 5.56 Å². The molecule has 11 heteroatoms. The maximum absolute atomic E-state index is 12.1. The molecule has 0 spiro atoms. The van der Waals surface area contributed by atoms with Crippen LogP contribution in [0.25, 0.3) is 0 Å². The molecule has 0 atom stereocenters. The largest absolute Gasteiger partial charge is 0.511 e. The highest BCUT2D eigenvalue weighted by Crippen LogP contribution is 2.33. The van der Waals surface area contributed by atoms with Crippen molar-refractivity contribution in [2.24, 2.45) is 0 Å². The molecule has 4 aromatic carbocycles. The van der Waals surface area contributed by atoms with Crippen molar-refractivity contribution in [3.05, 3.63) is 119 Å². The fraction of sp³-hybridized carbons (Fsp3) is 0.0769. The first-order chi connectivity index (χ1) is 17.5. The molecule has 4 nitrogen and oxygen atoms in total. The second kappa shape index (κ2) is 13.6. The monoisotopic (exact) mass is 862 g/mol. The molecule has 1 N–H and O–H groups in total. The van der Waals surface area contributed by atoms with Gasteiger partial charge < -0.3 is 4.90 Å². The van der Waals surface area contributed by atoms with E-state index in [-0.39, 0.29) is 6.54 Å². The highest BCUT2D eigenvalue weighted by Gasteiger charge is 2.45. The maximum Gasteiger partial charge on any atom is 0.511 e. The summed E-state index contributed by atoms with van der Waals surface area (Å²) in [7, 11) is -5.30. The Hall–Kier alpha value is -1.43. The first-order valence-corrected chi connectivity index (χ1v) is 15.4. The third kappa shape index (κ3) is 8.53. The van der Waals surface area contributed by atoms with E-state index in [1.165, 1.54) is 17.1 Å². The molecule has 194 valence electrons. The molecule has 0 unspecified atom stereocenters. The molecule has 4 aromatic rings. The molecule has 0 amide bonds. The summed E-state index contributed by atoms with van der Waals surface area (Å²) in [6.07, 6.45) is 0. The van der Waals surface area contributed by atoms with Crippen LogP contribution in [0.1, 0.15) is 5.56 Å². The Bertz CT molecular complexity index is 1310. The SMILES string of the molecule is O=S(=O)(NCc1cc(I)cc(I)c1I)C(F)(F)F.c1ccc(N(c2ccccc2)c2ccccc2)cc1. The molecule has 0 aliphatic carbocycles. The van der Waals surface area contributed by atoms with Crippen LogP contribution in [0.15, 0.2) is 103 Å². The zero-order chi connectivity index (χ0) is 27.1. The minimum atomic E-state index is -5.30. The van der Waals surface area contributed by atoms with E-state index in [9.17, 15) is 21.6 Å². The number of sulfonamides is 1. The Balaban J connectivity index is 0.000000206. The molecule has 0 heterocycles. The van der Waals surface area contributed by atoms with Crippen LogP contribution in [0.4, 0.5) is 30.2 Å². The fourth-order valence-corrected chi connectivity index (χ4v) is 6.15. The quantitative estimate of drug-likeness (QED) is 0.156. The Morgan fingerprint density at radius 3 is 1.49 bits per heavy atom. The molecule has 0 aliphatic rings. The lowest BCUT2D eigenvalue weighted by atomic mass is 10.2. The summed E-state index contributed by atoms with van der Waals surface area (Å²) in [5, 5.41) is 0. The molecule has 0 bridgehead atoms. The van der Waals surface area contributed by atoms with Gasteiger partial charge in [0.05, 0.1) is 0 Å². The van der Waals surface area contributed by atoms with E-state index in [4.69, 9.17) is 0 Å². The smallest absolute Gasteiger partial charge is 0.311 e. The lowest BCUT2D eigenvalue weighted by molar-refractivity contribution is -0.0448. The van der Waals surface area contributed by atoms with Crippen molar-refractivity contribution in [1.29, 1.82) is 0 Å². The molecule has 0 saturated carbocycles. The van der Waals surface area contributed by atoms with E-state index in [1.54, 1.807) is 10.8 Å². The number of nitrogens with zero attached hydrogens (tertiary/aromatic N) is 1. The van der Waals surface area contributed by atoms with E-state index in [0.717, 1.165) is 10.7 Å². The molecule has 0 saturated heterocycles. The topological polar surface area (TPSA) is 49.4 Å². The van der Waals surface area contributed by atoms with Crippen molar-refractivity contribution >= 4 is 94.9 Å². The number of rotatable bonds is 6. The van der Waals surface area contributed by atoms with E-state index in [2.05, 4.69) is 77.7 Å². The highest BCUT2D eigenvalue weighted by atomic mass is 127. The second-order valence-corrected chi connectivity index (χ2v) is 12.7. The van der Waals surface area contributed by atoms with E-state index >= 15 is 0 Å². The average Bonchev–Trinajstić information content (AvgIpc) is 2.87. The average molecular weight is 862 g/mol. The van der Waals surface area contributed by atoms with Gasteiger partial charge in [-0.3, -0.25) is 0 Å². The van der Waals surface area contributed by atoms with Crippen LogP contribution in [0.5, 0.6) is 0 Å². The van der Waals surface area contributed by atoms with Crippen LogP contribution >= 0.6 is 67.8 Å². The Morgan fingerprint density at radius 1 is 0.703 bits per heavy atom. The molecule has 4 rings (SSSR count). The number of benzene rings is 4. The van der Waals surface area contributed by atoms with Gasteiger partial charge in [-0.1, -0.05) is 54.6 Å². The predicted molar refractivity (Wildman–Crippen MR) is 168 cm³/mol. The Labute approximate surface area is 255 Å². The summed E-state index contributed by atoms with van der Waals surface area (Å²) in [5.74, 6) is 0. The van der Waals surface area contributed by atoms with Gasteiger partial charge in [0, 0.05) is 34.3 Å². The highest BCUT2D eigenvalue weighted by molar-refractivity contribution is 14.1. The van der Waals surface area contributed by atoms with Crippen molar-refractivity contribution in [2.45, 2.75) is 12.1 Å². The summed E-state index contributed by atoms with van der Waals surface area (Å²) in [5.41, 5.74) is -1.27. The fourth-order valence-electron chi connectivity index (χ4n) is 3.17. The summed E-state index contributed by atoms with van der Waals surface area (Å²) in [4.78, 5) is 2.25. The summed E-state index contributed by atoms with van der Waals surface area (Å²) in [6, 6.07) is 34.7. The number of nitrogens with one attached hydrogen (secondary N) is 1. The molecule has 37 heavy (non-hydrogen) atoms. The Kier molecular flexibility index (Phi) is 11.0. The van der Waals surface area contributed by atoms with Crippen molar-refractivity contribution in [3.63, 3.8) is 0 Å². The lowest BCUT2D eigenvalue weighted by Crippen LogP contribution is -2.36. The van der Waals surface area contributed by atoms with Crippen LogP contribution in [0.3, 0.4) is 0 Å². The number of para-hydroxylation sites is 3. The van der Waals surface area contributed by atoms with E-state index in [1.807, 2.05) is 92.0 Å². The maximum atomic E-state index is 12.1. The van der Waals surface area contributed by atoms with Gasteiger partial charge in [0.25, 0.3) is 0 Å². The summed E-state index contributed by atoms with van der Waals surface area (Å²) in [6.45, 7) is -0.382. The standard InChI is InChI=1S/C18H15N.C8H5F3I3NO2S/c1-4-10-16(11-5-1)19(17-12-6-2-7-13-17)18-14-8-3-9-15-18;9-8(10,11)18(16,17)15-3-4-1-5(12)2-6(13)7(4)14/h1-15H;1-2,15H,3H2. The number of hydrogen-bond donors (Lipinski definition) is 1. The molecular formula is C26H20F3I3N2O2S. The van der Waals surface area contributed by atoms with Crippen molar-refractivity contribution in [1.82, 2.24) is 4.72 Å². The number of alkyl halides is 3. The van der Waals surface area contributed by atoms with Gasteiger partial charge in [0.15, 0.2) is 0 Å². The van der Waals surface area contributed by atoms with E-state index < -0.39 is 15.5 Å². The normalized spacial score (nSPS) is 11.4. The molecule has 0 fully saturated rings. The van der Waals surface area contributed by atoms with Crippen LogP contribution in [0.2, 0.25) is 0 Å². The first kappa shape index (κ1) is 30.1. The van der Waals surface area contributed by atoms with Gasteiger partial charge in [0.2, 0.25) is 0 Å². The number of halogens is 6. The predicted octanol–water partition coefficient (Wildman–Crippen LogP) is 8.60. The van der Waals surface area contributed by atoms with Gasteiger partial charge in [-0.2, -0.15) is 13.2 Å². The van der Waals surface area contributed by atoms with Gasteiger partial charge >= 0.3 is 15.5 Å². The lowest BCUT2D eigenvalue weighted by Gasteiger charge is -2.25. The molecule has 0 radical (unpaired) electrons. The third-order valence-electron chi connectivity index (χ3n) is 4.87. The first-order valence-electron chi connectivity index (χ1n) is 10.6. The van der Waals surface area contributed by atoms with Gasteiger partial charge in [-0.25, -0.2) is 13.1 Å². The second-order valence-electron chi connectivity index (χ2n) is 7.47. The van der Waals surface area contributed by atoms with Crippen molar-refractivity contribution in [3.8, 4) is 0 Å². The number of anilines is 3. The molecular weight excluding hydrogens is 842 g/mol. The Morgan fingerprint density at radius 2 is 1.11 bits per heavy atom. The summed E-state index contributed by atoms with van der Waals surface area (Å²) >= 11 is 6.02. The van der Waals surface area contributed by atoms with Crippen molar-refractivity contribution < 1.29 is 21.6 Å². The third-order valence-corrected chi connectivity index (χ3v) is 9.78. The number of hydrogen-bond acceptors (Lipinski definition) is 3. The summed E-state index contributed by atoms with van der Waals surface area (Å²) < 4.78 is 62.1. The minimum Gasteiger partial charge on any atom is -0.311 e. The molecule has 0 aliphatic heterocycles. The zero-order valence-electron chi connectivity index (χ0n) is 19.0. The van der Waals surface area contributed by atoms with Gasteiger partial charge in [0.1, 0.15) is 0 Å².